The van der Waals surface area contributed by atoms with Gasteiger partial charge in [0.05, 0.1) is 0 Å². The first kappa shape index (κ1) is 14.7. The zero-order valence-electron chi connectivity index (χ0n) is 12.0. The molecule has 2 atom stereocenters. The molecule has 0 heterocycles. The fourth-order valence-electron chi connectivity index (χ4n) is 2.46. The van der Waals surface area contributed by atoms with E-state index in [-0.39, 0.29) is 12.1 Å². The van der Waals surface area contributed by atoms with E-state index >= 15 is 0 Å². The third-order valence-corrected chi connectivity index (χ3v) is 3.54. The highest BCUT2D eigenvalue weighted by Gasteiger charge is 2.14. The summed E-state index contributed by atoms with van der Waals surface area (Å²) in [5, 5.41) is 3.37. The number of rotatable bonds is 4. The first-order valence-corrected chi connectivity index (χ1v) is 6.75. The lowest BCUT2D eigenvalue weighted by Gasteiger charge is -2.22. The highest BCUT2D eigenvalue weighted by molar-refractivity contribution is 5.29. The Labute approximate surface area is 118 Å². The second-order valence-electron chi connectivity index (χ2n) is 5.17. The second-order valence-corrected chi connectivity index (χ2v) is 5.17. The van der Waals surface area contributed by atoms with E-state index in [1.54, 1.807) is 0 Å². The van der Waals surface area contributed by atoms with Crippen LogP contribution in [0.5, 0.6) is 0 Å². The molecule has 1 N–H and O–H groups in total. The van der Waals surface area contributed by atoms with Crippen molar-refractivity contribution >= 4 is 0 Å². The second kappa shape index (κ2) is 6.14. The molecule has 0 aliphatic heterocycles. The first-order valence-electron chi connectivity index (χ1n) is 6.75. The summed E-state index contributed by atoms with van der Waals surface area (Å²) in [7, 11) is 0. The fraction of sp³-hybridized carbons (Fsp3) is 0.294. The number of nitrogens with one attached hydrogen (secondary N) is 1. The van der Waals surface area contributed by atoms with Crippen molar-refractivity contribution in [2.75, 3.05) is 0 Å². The molecule has 0 aromatic heterocycles. The van der Waals surface area contributed by atoms with Gasteiger partial charge in [-0.3, -0.25) is 0 Å². The van der Waals surface area contributed by atoms with Crippen molar-refractivity contribution in [1.29, 1.82) is 0 Å². The maximum atomic E-state index is 13.2. The Balaban J connectivity index is 2.15. The normalized spacial score (nSPS) is 14.1. The van der Waals surface area contributed by atoms with E-state index in [1.165, 1.54) is 23.3 Å². The molecular formula is C17H19F2N. The topological polar surface area (TPSA) is 12.0 Å². The van der Waals surface area contributed by atoms with Gasteiger partial charge in [-0.15, -0.1) is 0 Å². The van der Waals surface area contributed by atoms with Crippen LogP contribution in [0.15, 0.2) is 42.5 Å². The van der Waals surface area contributed by atoms with Crippen molar-refractivity contribution in [3.05, 3.63) is 70.8 Å². The SMILES string of the molecule is Cc1ccccc1C(C)NC(C)c1cc(F)cc(F)c1. The Morgan fingerprint density at radius 2 is 1.50 bits per heavy atom. The van der Waals surface area contributed by atoms with Gasteiger partial charge >= 0.3 is 0 Å². The zero-order chi connectivity index (χ0) is 14.7. The Hall–Kier alpha value is -1.74. The molecule has 0 saturated carbocycles. The van der Waals surface area contributed by atoms with Gasteiger partial charge in [0.1, 0.15) is 11.6 Å². The summed E-state index contributed by atoms with van der Waals surface area (Å²) in [6.45, 7) is 6.01. The van der Waals surface area contributed by atoms with Crippen LogP contribution in [0.1, 0.15) is 42.6 Å². The molecule has 3 heteroatoms. The van der Waals surface area contributed by atoms with Crippen molar-refractivity contribution in [3.8, 4) is 0 Å². The predicted octanol–water partition coefficient (Wildman–Crippen LogP) is 4.69. The standard InChI is InChI=1S/C17H19F2N/c1-11-6-4-5-7-17(11)13(3)20-12(2)14-8-15(18)10-16(19)9-14/h4-10,12-13,20H,1-3H3. The summed E-state index contributed by atoms with van der Waals surface area (Å²) >= 11 is 0. The number of hydrogen-bond donors (Lipinski definition) is 1. The van der Waals surface area contributed by atoms with Gasteiger partial charge < -0.3 is 5.32 Å². The van der Waals surface area contributed by atoms with Gasteiger partial charge in [-0.2, -0.15) is 0 Å². The van der Waals surface area contributed by atoms with E-state index in [0.717, 1.165) is 6.07 Å². The van der Waals surface area contributed by atoms with Gasteiger partial charge in [-0.1, -0.05) is 24.3 Å². The minimum absolute atomic E-state index is 0.109. The van der Waals surface area contributed by atoms with Crippen molar-refractivity contribution in [2.45, 2.75) is 32.9 Å². The lowest BCUT2D eigenvalue weighted by molar-refractivity contribution is 0.486. The van der Waals surface area contributed by atoms with Crippen LogP contribution in [-0.4, -0.2) is 0 Å². The molecule has 2 aromatic rings. The van der Waals surface area contributed by atoms with Gasteiger partial charge in [-0.25, -0.2) is 8.78 Å². The minimum atomic E-state index is -0.544. The molecule has 1 nitrogen and oxygen atoms in total. The fourth-order valence-corrected chi connectivity index (χ4v) is 2.46. The molecule has 0 bridgehead atoms. The maximum absolute atomic E-state index is 13.2. The average molecular weight is 275 g/mol. The van der Waals surface area contributed by atoms with Gasteiger partial charge in [0, 0.05) is 18.2 Å². The van der Waals surface area contributed by atoms with Crippen LogP contribution >= 0.6 is 0 Å². The number of aryl methyl sites for hydroxylation is 1. The average Bonchev–Trinajstić information content (AvgIpc) is 2.37. The Bertz CT molecular complexity index is 575. The zero-order valence-corrected chi connectivity index (χ0v) is 12.0. The van der Waals surface area contributed by atoms with Gasteiger partial charge in [-0.05, 0) is 49.6 Å². The maximum Gasteiger partial charge on any atom is 0.126 e. The Morgan fingerprint density at radius 3 is 2.10 bits per heavy atom. The predicted molar refractivity (Wildman–Crippen MR) is 77.5 cm³/mol. The molecular weight excluding hydrogens is 256 g/mol. The molecule has 0 amide bonds. The van der Waals surface area contributed by atoms with E-state index < -0.39 is 11.6 Å². The van der Waals surface area contributed by atoms with E-state index in [9.17, 15) is 8.78 Å². The first-order chi connectivity index (χ1) is 9.47. The van der Waals surface area contributed by atoms with Crippen molar-refractivity contribution in [3.63, 3.8) is 0 Å². The Kier molecular flexibility index (Phi) is 4.50. The Morgan fingerprint density at radius 1 is 0.900 bits per heavy atom. The summed E-state index contributed by atoms with van der Waals surface area (Å²) in [6, 6.07) is 11.7. The van der Waals surface area contributed by atoms with E-state index in [1.807, 2.05) is 19.1 Å². The lowest BCUT2D eigenvalue weighted by Crippen LogP contribution is -2.23. The molecule has 2 rings (SSSR count). The molecule has 0 radical (unpaired) electrons. The molecule has 0 aliphatic rings. The van der Waals surface area contributed by atoms with E-state index in [2.05, 4.69) is 31.3 Å². The summed E-state index contributed by atoms with van der Waals surface area (Å²) < 4.78 is 26.5. The van der Waals surface area contributed by atoms with Crippen LogP contribution in [0.25, 0.3) is 0 Å². The molecule has 0 aliphatic carbocycles. The monoisotopic (exact) mass is 275 g/mol. The molecule has 106 valence electrons. The number of halogens is 2. The van der Waals surface area contributed by atoms with Crippen LogP contribution in [0.3, 0.4) is 0 Å². The lowest BCUT2D eigenvalue weighted by atomic mass is 10.0. The van der Waals surface area contributed by atoms with Crippen LogP contribution in [0.2, 0.25) is 0 Å². The summed E-state index contributed by atoms with van der Waals surface area (Å²) in [5.41, 5.74) is 3.00. The largest absolute Gasteiger partial charge is 0.304 e. The highest BCUT2D eigenvalue weighted by atomic mass is 19.1. The van der Waals surface area contributed by atoms with Crippen LogP contribution in [-0.2, 0) is 0 Å². The number of benzene rings is 2. The molecule has 0 fully saturated rings. The molecule has 2 aromatic carbocycles. The third-order valence-electron chi connectivity index (χ3n) is 3.54. The summed E-state index contributed by atoms with van der Waals surface area (Å²) in [4.78, 5) is 0. The molecule has 0 saturated heterocycles. The van der Waals surface area contributed by atoms with Crippen molar-refractivity contribution in [1.82, 2.24) is 5.32 Å². The van der Waals surface area contributed by atoms with E-state index in [4.69, 9.17) is 0 Å². The molecule has 0 spiro atoms. The van der Waals surface area contributed by atoms with Crippen molar-refractivity contribution < 1.29 is 8.78 Å². The third kappa shape index (κ3) is 3.42. The molecule has 20 heavy (non-hydrogen) atoms. The van der Waals surface area contributed by atoms with Crippen LogP contribution < -0.4 is 5.32 Å². The van der Waals surface area contributed by atoms with Gasteiger partial charge in [0.25, 0.3) is 0 Å². The summed E-state index contributed by atoms with van der Waals surface area (Å²) in [6.07, 6.45) is 0. The van der Waals surface area contributed by atoms with Gasteiger partial charge in [0.15, 0.2) is 0 Å². The van der Waals surface area contributed by atoms with Crippen LogP contribution in [0, 0.1) is 18.6 Å². The van der Waals surface area contributed by atoms with Crippen molar-refractivity contribution in [2.24, 2.45) is 0 Å². The van der Waals surface area contributed by atoms with Crippen LogP contribution in [0.4, 0.5) is 8.78 Å². The smallest absolute Gasteiger partial charge is 0.126 e. The number of hydrogen-bond acceptors (Lipinski definition) is 1. The summed E-state index contributed by atoms with van der Waals surface area (Å²) in [5.74, 6) is -1.09. The van der Waals surface area contributed by atoms with E-state index in [0.29, 0.717) is 5.56 Å². The quantitative estimate of drug-likeness (QED) is 0.854. The molecule has 2 unspecified atom stereocenters. The minimum Gasteiger partial charge on any atom is -0.304 e. The highest BCUT2D eigenvalue weighted by Crippen LogP contribution is 2.22. The van der Waals surface area contributed by atoms with Gasteiger partial charge in [0.2, 0.25) is 0 Å².